The van der Waals surface area contributed by atoms with Crippen LogP contribution in [0.15, 0.2) is 35.6 Å². The van der Waals surface area contributed by atoms with Crippen LogP contribution in [0.1, 0.15) is 20.8 Å². The van der Waals surface area contributed by atoms with E-state index in [1.54, 1.807) is 16.9 Å². The lowest BCUT2D eigenvalue weighted by atomic mass is 10.5. The molecular weight excluding hydrogens is 256 g/mol. The highest BCUT2D eigenvalue weighted by Crippen LogP contribution is 2.36. The molecule has 0 bridgehead atoms. The fraction of sp³-hybridized carbons (Fsp3) is 0.500. The summed E-state index contributed by atoms with van der Waals surface area (Å²) in [6.45, 7) is 9.98. The Balaban J connectivity index is 3.87. The molecule has 0 saturated carbocycles. The van der Waals surface area contributed by atoms with Gasteiger partial charge in [-0.2, -0.15) is 0 Å². The Morgan fingerprint density at radius 3 is 2.44 bits per heavy atom. The lowest BCUT2D eigenvalue weighted by molar-refractivity contribution is 0.693. The molecular formula is C12H20OS3. The average molecular weight is 276 g/mol. The molecule has 0 aromatic rings. The van der Waals surface area contributed by atoms with Crippen molar-refractivity contribution in [2.45, 2.75) is 24.9 Å². The molecule has 0 aromatic heterocycles. The van der Waals surface area contributed by atoms with E-state index in [1.165, 1.54) is 0 Å². The van der Waals surface area contributed by atoms with E-state index in [2.05, 4.69) is 20.4 Å². The molecule has 0 amide bonds. The Morgan fingerprint density at radius 2 is 1.88 bits per heavy atom. The molecule has 1 unspecified atom stereocenters. The third-order valence-corrected chi connectivity index (χ3v) is 5.44. The van der Waals surface area contributed by atoms with E-state index in [9.17, 15) is 4.21 Å². The summed E-state index contributed by atoms with van der Waals surface area (Å²) in [7, 11) is -0.951. The van der Waals surface area contributed by atoms with E-state index in [4.69, 9.17) is 0 Å². The minimum atomic E-state index is -0.951. The number of allylic oxidation sites excluding steroid dienone is 1. The Morgan fingerprint density at radius 1 is 1.25 bits per heavy atom. The standard InChI is InChI=1S/C12H20OS3/c1-5-8-14-12(3,4)15-9-7-11-16(13)10-6-2/h5-7,10-11H,1,8-9H2,2-4H3/b10-6+,11-7+. The van der Waals surface area contributed by atoms with E-state index in [0.29, 0.717) is 0 Å². The minimum Gasteiger partial charge on any atom is -0.250 e. The van der Waals surface area contributed by atoms with Crippen LogP contribution in [-0.4, -0.2) is 19.8 Å². The van der Waals surface area contributed by atoms with Crippen LogP contribution in [0.5, 0.6) is 0 Å². The summed E-state index contributed by atoms with van der Waals surface area (Å²) in [5, 5.41) is 3.42. The monoisotopic (exact) mass is 276 g/mol. The van der Waals surface area contributed by atoms with Crippen LogP contribution in [0, 0.1) is 0 Å². The summed E-state index contributed by atoms with van der Waals surface area (Å²) in [4.78, 5) is 0. The van der Waals surface area contributed by atoms with Crippen molar-refractivity contribution in [1.29, 1.82) is 0 Å². The van der Waals surface area contributed by atoms with Crippen molar-refractivity contribution in [3.05, 3.63) is 35.6 Å². The fourth-order valence-electron chi connectivity index (χ4n) is 0.864. The van der Waals surface area contributed by atoms with Gasteiger partial charge in [0.1, 0.15) is 0 Å². The van der Waals surface area contributed by atoms with Crippen molar-refractivity contribution in [3.63, 3.8) is 0 Å². The summed E-state index contributed by atoms with van der Waals surface area (Å²) in [6.07, 6.45) is 5.69. The smallest absolute Gasteiger partial charge is 0.0696 e. The fourth-order valence-corrected chi connectivity index (χ4v) is 3.49. The first-order chi connectivity index (χ1) is 7.52. The first kappa shape index (κ1) is 16.1. The van der Waals surface area contributed by atoms with Crippen LogP contribution in [0.4, 0.5) is 0 Å². The zero-order valence-corrected chi connectivity index (χ0v) is 12.6. The molecule has 0 saturated heterocycles. The van der Waals surface area contributed by atoms with Crippen LogP contribution >= 0.6 is 23.5 Å². The van der Waals surface area contributed by atoms with Crippen LogP contribution in [-0.2, 0) is 10.8 Å². The molecule has 0 radical (unpaired) electrons. The maximum atomic E-state index is 11.2. The predicted molar refractivity (Wildman–Crippen MR) is 81.3 cm³/mol. The van der Waals surface area contributed by atoms with Crippen LogP contribution < -0.4 is 0 Å². The second kappa shape index (κ2) is 9.14. The zero-order valence-electron chi connectivity index (χ0n) is 10.1. The number of hydrogen-bond donors (Lipinski definition) is 0. The molecule has 0 aliphatic heterocycles. The number of hydrogen-bond acceptors (Lipinski definition) is 3. The van der Waals surface area contributed by atoms with Gasteiger partial charge in [0.25, 0.3) is 0 Å². The number of rotatable bonds is 8. The summed E-state index contributed by atoms with van der Waals surface area (Å²) >= 11 is 3.72. The minimum absolute atomic E-state index is 0.181. The molecule has 1 atom stereocenters. The molecule has 16 heavy (non-hydrogen) atoms. The molecule has 0 fully saturated rings. The van der Waals surface area contributed by atoms with Crippen molar-refractivity contribution in [2.75, 3.05) is 11.5 Å². The Bertz CT molecular complexity index is 280. The first-order valence-corrected chi connectivity index (χ1v) is 8.34. The first-order valence-electron chi connectivity index (χ1n) is 5.09. The maximum absolute atomic E-state index is 11.2. The second-order valence-corrected chi connectivity index (χ2v) is 8.23. The van der Waals surface area contributed by atoms with Gasteiger partial charge in [0.05, 0.1) is 14.9 Å². The van der Waals surface area contributed by atoms with E-state index in [-0.39, 0.29) is 4.08 Å². The molecule has 0 spiro atoms. The zero-order chi connectivity index (χ0) is 12.4. The quantitative estimate of drug-likeness (QED) is 0.489. The summed E-state index contributed by atoms with van der Waals surface area (Å²) in [5.74, 6) is 1.86. The largest absolute Gasteiger partial charge is 0.250 e. The molecule has 1 nitrogen and oxygen atoms in total. The van der Waals surface area contributed by atoms with Crippen molar-refractivity contribution in [1.82, 2.24) is 0 Å². The topological polar surface area (TPSA) is 17.1 Å². The maximum Gasteiger partial charge on any atom is 0.0696 e. The summed E-state index contributed by atoms with van der Waals surface area (Å²) in [6, 6.07) is 0. The van der Waals surface area contributed by atoms with E-state index in [0.717, 1.165) is 11.5 Å². The molecule has 0 aliphatic carbocycles. The highest BCUT2D eigenvalue weighted by atomic mass is 32.2. The lowest BCUT2D eigenvalue weighted by Gasteiger charge is -2.21. The molecule has 92 valence electrons. The Kier molecular flexibility index (Phi) is 9.18. The van der Waals surface area contributed by atoms with Crippen molar-refractivity contribution in [2.24, 2.45) is 0 Å². The van der Waals surface area contributed by atoms with Gasteiger partial charge in [0, 0.05) is 22.3 Å². The van der Waals surface area contributed by atoms with E-state index >= 15 is 0 Å². The van der Waals surface area contributed by atoms with Gasteiger partial charge in [-0.15, -0.1) is 30.1 Å². The van der Waals surface area contributed by atoms with Gasteiger partial charge in [0.15, 0.2) is 0 Å². The SMILES string of the molecule is C=CCSC(C)(C)SC/C=C/S(=O)/C=C/C. The predicted octanol–water partition coefficient (Wildman–Crippen LogP) is 4.17. The Labute approximate surface area is 110 Å². The van der Waals surface area contributed by atoms with Crippen LogP contribution in [0.25, 0.3) is 0 Å². The van der Waals surface area contributed by atoms with Crippen LogP contribution in [0.3, 0.4) is 0 Å². The third-order valence-electron chi connectivity index (χ3n) is 1.58. The lowest BCUT2D eigenvalue weighted by Crippen LogP contribution is -2.09. The second-order valence-electron chi connectivity index (χ2n) is 3.48. The molecule has 0 heterocycles. The van der Waals surface area contributed by atoms with Gasteiger partial charge >= 0.3 is 0 Å². The van der Waals surface area contributed by atoms with Gasteiger partial charge < -0.3 is 0 Å². The van der Waals surface area contributed by atoms with Gasteiger partial charge in [-0.3, -0.25) is 4.21 Å². The van der Waals surface area contributed by atoms with E-state index < -0.39 is 10.8 Å². The van der Waals surface area contributed by atoms with Crippen molar-refractivity contribution < 1.29 is 4.21 Å². The normalized spacial score (nSPS) is 14.7. The Hall–Kier alpha value is 0.0700. The molecule has 4 heteroatoms. The van der Waals surface area contributed by atoms with Crippen LogP contribution in [0.2, 0.25) is 0 Å². The molecule has 0 aliphatic rings. The molecule has 0 aromatic carbocycles. The molecule has 0 N–H and O–H groups in total. The average Bonchev–Trinajstić information content (AvgIpc) is 2.22. The highest BCUT2D eigenvalue weighted by molar-refractivity contribution is 8.18. The highest BCUT2D eigenvalue weighted by Gasteiger charge is 2.16. The van der Waals surface area contributed by atoms with Gasteiger partial charge in [-0.1, -0.05) is 18.2 Å². The summed E-state index contributed by atoms with van der Waals surface area (Å²) < 4.78 is 11.4. The van der Waals surface area contributed by atoms with E-state index in [1.807, 2.05) is 42.6 Å². The third kappa shape index (κ3) is 9.31. The van der Waals surface area contributed by atoms with Gasteiger partial charge in [-0.25, -0.2) is 0 Å². The van der Waals surface area contributed by atoms with Gasteiger partial charge in [-0.05, 0) is 20.8 Å². The van der Waals surface area contributed by atoms with Crippen molar-refractivity contribution in [3.8, 4) is 0 Å². The number of thioether (sulfide) groups is 2. The van der Waals surface area contributed by atoms with Gasteiger partial charge in [0.2, 0.25) is 0 Å². The molecule has 0 rings (SSSR count). The summed E-state index contributed by atoms with van der Waals surface area (Å²) in [5.41, 5.74) is 0. The van der Waals surface area contributed by atoms with Crippen molar-refractivity contribution >= 4 is 34.3 Å².